The Hall–Kier alpha value is -3.00. The van der Waals surface area contributed by atoms with Crippen LogP contribution in [-0.2, 0) is 4.79 Å². The number of thioether (sulfide) groups is 1. The highest BCUT2D eigenvalue weighted by Crippen LogP contribution is 2.22. The maximum atomic E-state index is 13.2. The first-order chi connectivity index (χ1) is 13.5. The van der Waals surface area contributed by atoms with E-state index in [1.807, 2.05) is 37.3 Å². The van der Waals surface area contributed by atoms with E-state index in [0.29, 0.717) is 17.3 Å². The fourth-order valence-electron chi connectivity index (χ4n) is 2.35. The standard InChI is InChI=1S/C20H17F2N3O2S/c1-2-27-15-6-3-13(4-7-15)18-9-10-20(25-24-18)28-12-19(26)23-14-5-8-16(21)17(22)11-14/h3-11H,2,12H2,1H3,(H,23,26). The van der Waals surface area contributed by atoms with Crippen molar-refractivity contribution in [2.24, 2.45) is 0 Å². The predicted molar refractivity (Wildman–Crippen MR) is 104 cm³/mol. The van der Waals surface area contributed by atoms with Crippen LogP contribution in [0.4, 0.5) is 14.5 Å². The third-order valence-corrected chi connectivity index (χ3v) is 4.58. The largest absolute Gasteiger partial charge is 0.494 e. The summed E-state index contributed by atoms with van der Waals surface area (Å²) in [6.07, 6.45) is 0. The zero-order valence-electron chi connectivity index (χ0n) is 15.0. The van der Waals surface area contributed by atoms with Gasteiger partial charge in [-0.2, -0.15) is 0 Å². The molecular formula is C20H17F2N3O2S. The second kappa shape index (κ2) is 9.27. The van der Waals surface area contributed by atoms with Crippen LogP contribution in [-0.4, -0.2) is 28.5 Å². The Morgan fingerprint density at radius 2 is 1.82 bits per heavy atom. The number of anilines is 1. The fourth-order valence-corrected chi connectivity index (χ4v) is 2.96. The summed E-state index contributed by atoms with van der Waals surface area (Å²) >= 11 is 1.19. The number of carbonyl (C=O) groups excluding carboxylic acids is 1. The third kappa shape index (κ3) is 5.26. The van der Waals surface area contributed by atoms with Gasteiger partial charge in [-0.15, -0.1) is 10.2 Å². The highest BCUT2D eigenvalue weighted by Gasteiger charge is 2.08. The molecule has 0 aliphatic carbocycles. The number of halogens is 2. The Labute approximate surface area is 165 Å². The minimum atomic E-state index is -1.01. The van der Waals surface area contributed by atoms with E-state index in [2.05, 4.69) is 15.5 Å². The second-order valence-corrected chi connectivity index (χ2v) is 6.68. The SMILES string of the molecule is CCOc1ccc(-c2ccc(SCC(=O)Nc3ccc(F)c(F)c3)nn2)cc1. The molecule has 3 aromatic rings. The number of rotatable bonds is 7. The van der Waals surface area contributed by atoms with Crippen molar-refractivity contribution >= 4 is 23.4 Å². The van der Waals surface area contributed by atoms with Gasteiger partial charge in [0.15, 0.2) is 11.6 Å². The number of benzene rings is 2. The molecule has 0 aliphatic heterocycles. The van der Waals surface area contributed by atoms with Crippen LogP contribution in [0.15, 0.2) is 59.6 Å². The van der Waals surface area contributed by atoms with Gasteiger partial charge in [-0.3, -0.25) is 4.79 Å². The zero-order valence-corrected chi connectivity index (χ0v) is 15.8. The summed E-state index contributed by atoms with van der Waals surface area (Å²) < 4.78 is 31.5. The van der Waals surface area contributed by atoms with Gasteiger partial charge in [0.05, 0.1) is 18.1 Å². The molecule has 0 bridgehead atoms. The van der Waals surface area contributed by atoms with Crippen molar-refractivity contribution in [3.05, 3.63) is 66.2 Å². The van der Waals surface area contributed by atoms with Gasteiger partial charge in [0, 0.05) is 17.3 Å². The lowest BCUT2D eigenvalue weighted by molar-refractivity contribution is -0.113. The first kappa shape index (κ1) is 19.8. The fraction of sp³-hybridized carbons (Fsp3) is 0.150. The van der Waals surface area contributed by atoms with E-state index in [1.54, 1.807) is 6.07 Å². The molecule has 0 fully saturated rings. The minimum absolute atomic E-state index is 0.0656. The van der Waals surface area contributed by atoms with E-state index in [-0.39, 0.29) is 17.3 Å². The summed E-state index contributed by atoms with van der Waals surface area (Å²) in [4.78, 5) is 11.9. The van der Waals surface area contributed by atoms with Gasteiger partial charge in [0.25, 0.3) is 0 Å². The molecule has 3 rings (SSSR count). The van der Waals surface area contributed by atoms with Crippen molar-refractivity contribution in [1.29, 1.82) is 0 Å². The molecule has 0 radical (unpaired) electrons. The molecule has 0 saturated heterocycles. The minimum Gasteiger partial charge on any atom is -0.494 e. The first-order valence-electron chi connectivity index (χ1n) is 8.50. The number of nitrogens with one attached hydrogen (secondary N) is 1. The molecule has 2 aromatic carbocycles. The molecule has 5 nitrogen and oxygen atoms in total. The predicted octanol–water partition coefficient (Wildman–Crippen LogP) is 4.55. The van der Waals surface area contributed by atoms with Crippen LogP contribution in [0.2, 0.25) is 0 Å². The van der Waals surface area contributed by atoms with Gasteiger partial charge >= 0.3 is 0 Å². The van der Waals surface area contributed by atoms with Crippen LogP contribution in [0.3, 0.4) is 0 Å². The lowest BCUT2D eigenvalue weighted by Gasteiger charge is -2.06. The summed E-state index contributed by atoms with van der Waals surface area (Å²) in [6.45, 7) is 2.53. The van der Waals surface area contributed by atoms with Crippen LogP contribution < -0.4 is 10.1 Å². The molecule has 0 spiro atoms. The molecule has 28 heavy (non-hydrogen) atoms. The normalized spacial score (nSPS) is 10.5. The monoisotopic (exact) mass is 401 g/mol. The Bertz CT molecular complexity index is 951. The van der Waals surface area contributed by atoms with E-state index >= 15 is 0 Å². The van der Waals surface area contributed by atoms with Gasteiger partial charge < -0.3 is 10.1 Å². The molecule has 0 atom stereocenters. The number of nitrogens with zero attached hydrogens (tertiary/aromatic N) is 2. The van der Waals surface area contributed by atoms with Gasteiger partial charge in [-0.1, -0.05) is 11.8 Å². The number of ether oxygens (including phenoxy) is 1. The second-order valence-electron chi connectivity index (χ2n) is 5.68. The van der Waals surface area contributed by atoms with Crippen molar-refractivity contribution in [1.82, 2.24) is 10.2 Å². The Balaban J connectivity index is 1.55. The quantitative estimate of drug-likeness (QED) is 0.589. The smallest absolute Gasteiger partial charge is 0.234 e. The first-order valence-corrected chi connectivity index (χ1v) is 9.48. The summed E-state index contributed by atoms with van der Waals surface area (Å²) in [5.74, 6) is -1.47. The maximum absolute atomic E-state index is 13.2. The maximum Gasteiger partial charge on any atom is 0.234 e. The zero-order chi connectivity index (χ0) is 19.9. The molecule has 1 aromatic heterocycles. The van der Waals surface area contributed by atoms with Crippen LogP contribution in [0.1, 0.15) is 6.92 Å². The van der Waals surface area contributed by atoms with Gasteiger partial charge in [-0.25, -0.2) is 8.78 Å². The van der Waals surface area contributed by atoms with Crippen molar-refractivity contribution in [2.45, 2.75) is 11.9 Å². The average Bonchev–Trinajstić information content (AvgIpc) is 2.70. The van der Waals surface area contributed by atoms with E-state index in [4.69, 9.17) is 4.74 Å². The average molecular weight is 401 g/mol. The Kier molecular flexibility index (Phi) is 6.54. The van der Waals surface area contributed by atoms with Crippen LogP contribution in [0.25, 0.3) is 11.3 Å². The molecule has 1 N–H and O–H groups in total. The summed E-state index contributed by atoms with van der Waals surface area (Å²) in [6, 6.07) is 14.3. The van der Waals surface area contributed by atoms with Crippen molar-refractivity contribution in [2.75, 3.05) is 17.7 Å². The van der Waals surface area contributed by atoms with E-state index < -0.39 is 11.6 Å². The van der Waals surface area contributed by atoms with Crippen LogP contribution in [0, 0.1) is 11.6 Å². The molecule has 1 heterocycles. The summed E-state index contributed by atoms with van der Waals surface area (Å²) in [5.41, 5.74) is 1.81. The van der Waals surface area contributed by atoms with Crippen molar-refractivity contribution < 1.29 is 18.3 Å². The number of aromatic nitrogens is 2. The lowest BCUT2D eigenvalue weighted by Crippen LogP contribution is -2.14. The van der Waals surface area contributed by atoms with Crippen LogP contribution >= 0.6 is 11.8 Å². The highest BCUT2D eigenvalue weighted by molar-refractivity contribution is 7.99. The van der Waals surface area contributed by atoms with Gasteiger partial charge in [-0.05, 0) is 55.5 Å². The highest BCUT2D eigenvalue weighted by atomic mass is 32.2. The van der Waals surface area contributed by atoms with Crippen LogP contribution in [0.5, 0.6) is 5.75 Å². The lowest BCUT2D eigenvalue weighted by atomic mass is 10.1. The third-order valence-electron chi connectivity index (χ3n) is 3.66. The number of hydrogen-bond donors (Lipinski definition) is 1. The molecule has 0 saturated carbocycles. The molecule has 0 aliphatic rings. The van der Waals surface area contributed by atoms with E-state index in [9.17, 15) is 13.6 Å². The number of hydrogen-bond acceptors (Lipinski definition) is 5. The molecule has 8 heteroatoms. The topological polar surface area (TPSA) is 64.1 Å². The van der Waals surface area contributed by atoms with Crippen molar-refractivity contribution in [3.8, 4) is 17.0 Å². The summed E-state index contributed by atoms with van der Waals surface area (Å²) in [5, 5.41) is 11.4. The van der Waals surface area contributed by atoms with E-state index in [0.717, 1.165) is 23.4 Å². The number of amides is 1. The van der Waals surface area contributed by atoms with Crippen molar-refractivity contribution in [3.63, 3.8) is 0 Å². The summed E-state index contributed by atoms with van der Waals surface area (Å²) in [7, 11) is 0. The molecule has 1 amide bonds. The van der Waals surface area contributed by atoms with E-state index in [1.165, 1.54) is 17.8 Å². The Morgan fingerprint density at radius 3 is 2.46 bits per heavy atom. The molecule has 144 valence electrons. The van der Waals surface area contributed by atoms with Gasteiger partial charge in [0.2, 0.25) is 5.91 Å². The molecular weight excluding hydrogens is 384 g/mol. The molecule has 0 unspecified atom stereocenters. The van der Waals surface area contributed by atoms with Gasteiger partial charge in [0.1, 0.15) is 10.8 Å². The number of carbonyl (C=O) groups is 1. The Morgan fingerprint density at radius 1 is 1.04 bits per heavy atom.